The molecule has 0 saturated heterocycles. The molecular formula is C20H18N4OS. The van der Waals surface area contributed by atoms with E-state index in [0.29, 0.717) is 11.4 Å². The van der Waals surface area contributed by atoms with Crippen LogP contribution in [-0.2, 0) is 0 Å². The summed E-state index contributed by atoms with van der Waals surface area (Å²) in [6.45, 7) is 0. The second-order valence-electron chi connectivity index (χ2n) is 5.39. The number of hydrogen-bond donors (Lipinski definition) is 2. The van der Waals surface area contributed by atoms with Gasteiger partial charge < -0.3 is 10.6 Å². The molecule has 2 N–H and O–H groups in total. The number of hydrogen-bond acceptors (Lipinski definition) is 4. The Bertz CT molecular complexity index is 878. The molecule has 0 aliphatic heterocycles. The van der Waals surface area contributed by atoms with Crippen LogP contribution in [0.3, 0.4) is 0 Å². The highest BCUT2D eigenvalue weighted by atomic mass is 32.2. The third-order valence-corrected chi connectivity index (χ3v) is 4.25. The lowest BCUT2D eigenvalue weighted by Crippen LogP contribution is -2.19. The molecule has 0 aliphatic carbocycles. The monoisotopic (exact) mass is 362 g/mol. The molecule has 3 rings (SSSR count). The molecule has 6 heteroatoms. The quantitative estimate of drug-likeness (QED) is 0.403. The zero-order valence-electron chi connectivity index (χ0n) is 14.2. The molecule has 2 amide bonds. The Morgan fingerprint density at radius 1 is 0.731 bits per heavy atom. The summed E-state index contributed by atoms with van der Waals surface area (Å²) in [6, 6.07) is 24.1. The van der Waals surface area contributed by atoms with E-state index in [2.05, 4.69) is 20.9 Å². The maximum absolute atomic E-state index is 12.1. The minimum Gasteiger partial charge on any atom is -0.308 e. The second kappa shape index (κ2) is 8.82. The zero-order valence-corrected chi connectivity index (χ0v) is 15.0. The van der Waals surface area contributed by atoms with E-state index in [9.17, 15) is 4.79 Å². The van der Waals surface area contributed by atoms with Crippen LogP contribution in [0.4, 0.5) is 27.5 Å². The van der Waals surface area contributed by atoms with E-state index >= 15 is 0 Å². The summed E-state index contributed by atoms with van der Waals surface area (Å²) in [4.78, 5) is 13.2. The van der Waals surface area contributed by atoms with Gasteiger partial charge in [-0.1, -0.05) is 18.2 Å². The fraction of sp³-hybridized carbons (Fsp3) is 0.0500. The molecule has 5 nitrogen and oxygen atoms in total. The van der Waals surface area contributed by atoms with Gasteiger partial charge in [-0.2, -0.15) is 10.2 Å². The second-order valence-corrected chi connectivity index (χ2v) is 6.27. The van der Waals surface area contributed by atoms with Gasteiger partial charge >= 0.3 is 6.03 Å². The van der Waals surface area contributed by atoms with Crippen LogP contribution in [0, 0.1) is 0 Å². The molecule has 3 aromatic carbocycles. The minimum atomic E-state index is -0.291. The Morgan fingerprint density at radius 2 is 1.23 bits per heavy atom. The zero-order chi connectivity index (χ0) is 18.2. The van der Waals surface area contributed by atoms with Gasteiger partial charge in [0.15, 0.2) is 0 Å². The standard InChI is InChI=1S/C20H18N4OS/c1-26-19-13-11-16(12-14-19)22-20(25)21-15-7-9-18(10-8-15)24-23-17-5-3-2-4-6-17/h2-14H,1H3,(H2,21,22,25). The first-order valence-corrected chi connectivity index (χ1v) is 9.24. The van der Waals surface area contributed by atoms with Crippen molar-refractivity contribution in [1.29, 1.82) is 0 Å². The molecule has 0 radical (unpaired) electrons. The third-order valence-electron chi connectivity index (χ3n) is 3.51. The number of nitrogens with one attached hydrogen (secondary N) is 2. The number of nitrogens with zero attached hydrogens (tertiary/aromatic N) is 2. The number of azo groups is 1. The number of urea groups is 1. The molecule has 0 bridgehead atoms. The van der Waals surface area contributed by atoms with E-state index in [1.165, 1.54) is 0 Å². The van der Waals surface area contributed by atoms with Crippen molar-refractivity contribution in [1.82, 2.24) is 0 Å². The van der Waals surface area contributed by atoms with Crippen molar-refractivity contribution in [3.05, 3.63) is 78.9 Å². The van der Waals surface area contributed by atoms with E-state index in [1.807, 2.05) is 60.9 Å². The predicted molar refractivity (Wildman–Crippen MR) is 108 cm³/mol. The lowest BCUT2D eigenvalue weighted by molar-refractivity contribution is 0.262. The average molecular weight is 362 g/mol. The number of thioether (sulfide) groups is 1. The van der Waals surface area contributed by atoms with Gasteiger partial charge in [-0.15, -0.1) is 11.8 Å². The summed E-state index contributed by atoms with van der Waals surface area (Å²) in [5.41, 5.74) is 2.93. The van der Waals surface area contributed by atoms with Crippen molar-refractivity contribution in [3.63, 3.8) is 0 Å². The molecule has 26 heavy (non-hydrogen) atoms. The van der Waals surface area contributed by atoms with Crippen LogP contribution in [-0.4, -0.2) is 12.3 Å². The number of carbonyl (C=O) groups is 1. The number of benzene rings is 3. The van der Waals surface area contributed by atoms with Gasteiger partial charge in [0.05, 0.1) is 11.4 Å². The molecule has 0 aromatic heterocycles. The van der Waals surface area contributed by atoms with E-state index in [-0.39, 0.29) is 6.03 Å². The van der Waals surface area contributed by atoms with Crippen molar-refractivity contribution in [3.8, 4) is 0 Å². The van der Waals surface area contributed by atoms with Crippen molar-refractivity contribution >= 4 is 40.5 Å². The molecule has 0 atom stereocenters. The SMILES string of the molecule is CSc1ccc(NC(=O)Nc2ccc(N=Nc3ccccc3)cc2)cc1. The molecule has 0 fully saturated rings. The van der Waals surface area contributed by atoms with Crippen molar-refractivity contribution in [2.24, 2.45) is 10.2 Å². The first kappa shape index (κ1) is 17.7. The summed E-state index contributed by atoms with van der Waals surface area (Å²) in [5, 5.41) is 13.9. The molecule has 0 unspecified atom stereocenters. The van der Waals surface area contributed by atoms with Gasteiger partial charge in [0.2, 0.25) is 0 Å². The van der Waals surface area contributed by atoms with Crippen LogP contribution in [0.25, 0.3) is 0 Å². The van der Waals surface area contributed by atoms with Crippen molar-refractivity contribution in [2.75, 3.05) is 16.9 Å². The predicted octanol–water partition coefficient (Wildman–Crippen LogP) is 6.47. The van der Waals surface area contributed by atoms with E-state index < -0.39 is 0 Å². The van der Waals surface area contributed by atoms with E-state index in [1.54, 1.807) is 36.0 Å². The molecule has 0 spiro atoms. The normalized spacial score (nSPS) is 10.7. The Kier molecular flexibility index (Phi) is 6.01. The maximum Gasteiger partial charge on any atom is 0.323 e. The summed E-state index contributed by atoms with van der Waals surface area (Å²) < 4.78 is 0. The average Bonchev–Trinajstić information content (AvgIpc) is 2.69. The number of amides is 2. The molecule has 130 valence electrons. The largest absolute Gasteiger partial charge is 0.323 e. The molecular weight excluding hydrogens is 344 g/mol. The highest BCUT2D eigenvalue weighted by Gasteiger charge is 2.03. The minimum absolute atomic E-state index is 0.291. The maximum atomic E-state index is 12.1. The Morgan fingerprint density at radius 3 is 1.77 bits per heavy atom. The van der Waals surface area contributed by atoms with Gasteiger partial charge in [0.1, 0.15) is 0 Å². The van der Waals surface area contributed by atoms with Gasteiger partial charge in [-0.25, -0.2) is 4.79 Å². The Hall–Kier alpha value is -3.12. The Balaban J connectivity index is 1.56. The van der Waals surface area contributed by atoms with Crippen molar-refractivity contribution < 1.29 is 4.79 Å². The van der Waals surface area contributed by atoms with Crippen LogP contribution >= 0.6 is 11.8 Å². The van der Waals surface area contributed by atoms with Gasteiger partial charge in [-0.05, 0) is 66.9 Å². The molecule has 3 aromatic rings. The van der Waals surface area contributed by atoms with Crippen LogP contribution in [0.2, 0.25) is 0 Å². The van der Waals surface area contributed by atoms with Gasteiger partial charge in [0.25, 0.3) is 0 Å². The topological polar surface area (TPSA) is 65.8 Å². The van der Waals surface area contributed by atoms with Crippen molar-refractivity contribution in [2.45, 2.75) is 4.90 Å². The van der Waals surface area contributed by atoms with E-state index in [4.69, 9.17) is 0 Å². The van der Waals surface area contributed by atoms with Crippen LogP contribution in [0.1, 0.15) is 0 Å². The summed E-state index contributed by atoms with van der Waals surface area (Å²) in [7, 11) is 0. The van der Waals surface area contributed by atoms with Crippen LogP contribution in [0.5, 0.6) is 0 Å². The number of anilines is 2. The first-order valence-electron chi connectivity index (χ1n) is 8.02. The lowest BCUT2D eigenvalue weighted by Gasteiger charge is -2.08. The lowest BCUT2D eigenvalue weighted by atomic mass is 10.3. The summed E-state index contributed by atoms with van der Waals surface area (Å²) in [5.74, 6) is 0. The van der Waals surface area contributed by atoms with Gasteiger partial charge in [-0.3, -0.25) is 0 Å². The Labute approximate surface area is 156 Å². The van der Waals surface area contributed by atoms with Crippen LogP contribution in [0.15, 0.2) is 94.0 Å². The summed E-state index contributed by atoms with van der Waals surface area (Å²) >= 11 is 1.66. The highest BCUT2D eigenvalue weighted by molar-refractivity contribution is 7.98. The first-order chi connectivity index (χ1) is 12.7. The van der Waals surface area contributed by atoms with Gasteiger partial charge in [0, 0.05) is 16.3 Å². The third kappa shape index (κ3) is 5.19. The fourth-order valence-corrected chi connectivity index (χ4v) is 2.60. The summed E-state index contributed by atoms with van der Waals surface area (Å²) in [6.07, 6.45) is 2.01. The van der Waals surface area contributed by atoms with E-state index in [0.717, 1.165) is 16.3 Å². The fourth-order valence-electron chi connectivity index (χ4n) is 2.19. The highest BCUT2D eigenvalue weighted by Crippen LogP contribution is 2.21. The van der Waals surface area contributed by atoms with Crippen LogP contribution < -0.4 is 10.6 Å². The smallest absolute Gasteiger partial charge is 0.308 e. The molecule has 0 heterocycles. The molecule has 0 saturated carbocycles. The number of rotatable bonds is 5. The number of carbonyl (C=O) groups excluding carboxylic acids is 1. The molecule has 0 aliphatic rings.